The number of carbonyl (C=O) groups is 1. The van der Waals surface area contributed by atoms with Crippen molar-refractivity contribution < 1.29 is 14.3 Å². The van der Waals surface area contributed by atoms with Gasteiger partial charge in [-0.25, -0.2) is 4.98 Å². The van der Waals surface area contributed by atoms with E-state index in [1.807, 2.05) is 0 Å². The van der Waals surface area contributed by atoms with Crippen molar-refractivity contribution in [2.45, 2.75) is 13.0 Å². The largest absolute Gasteiger partial charge is 0.475 e. The van der Waals surface area contributed by atoms with E-state index in [4.69, 9.17) is 15.2 Å². The molecule has 2 rings (SSSR count). The van der Waals surface area contributed by atoms with Crippen molar-refractivity contribution in [3.8, 4) is 5.88 Å². The molecule has 1 fully saturated rings. The highest BCUT2D eigenvalue weighted by molar-refractivity contribution is 5.93. The maximum atomic E-state index is 11.1. The van der Waals surface area contributed by atoms with Gasteiger partial charge in [0.05, 0.1) is 6.61 Å². The van der Waals surface area contributed by atoms with Crippen molar-refractivity contribution in [3.63, 3.8) is 0 Å². The van der Waals surface area contributed by atoms with Gasteiger partial charge in [0, 0.05) is 30.4 Å². The van der Waals surface area contributed by atoms with Crippen LogP contribution in [-0.2, 0) is 4.74 Å². The monoisotopic (exact) mass is 251 g/mol. The molecule has 1 aromatic rings. The van der Waals surface area contributed by atoms with Gasteiger partial charge in [0.25, 0.3) is 0 Å². The van der Waals surface area contributed by atoms with Crippen molar-refractivity contribution in [1.29, 1.82) is 0 Å². The maximum Gasteiger partial charge on any atom is 0.248 e. The number of aromatic nitrogens is 1. The quantitative estimate of drug-likeness (QED) is 0.777. The van der Waals surface area contributed by atoms with Gasteiger partial charge in [-0.05, 0) is 13.0 Å². The molecule has 2 heterocycles. The van der Waals surface area contributed by atoms with Crippen LogP contribution in [0.4, 0.5) is 0 Å². The normalized spacial score (nSPS) is 19.5. The fourth-order valence-corrected chi connectivity index (χ4v) is 1.76. The molecule has 1 aliphatic rings. The average molecular weight is 251 g/mol. The summed E-state index contributed by atoms with van der Waals surface area (Å²) >= 11 is 0. The zero-order valence-electron chi connectivity index (χ0n) is 10.3. The van der Waals surface area contributed by atoms with Gasteiger partial charge in [-0.2, -0.15) is 0 Å². The molecule has 1 atom stereocenters. The molecular weight excluding hydrogens is 234 g/mol. The Bertz CT molecular complexity index is 431. The SMILES string of the molecule is Cc1cc(C(N)=O)cc(OCC2CNCCO2)n1. The number of carbonyl (C=O) groups excluding carboxylic acids is 1. The third kappa shape index (κ3) is 3.41. The van der Waals surface area contributed by atoms with E-state index in [-0.39, 0.29) is 6.10 Å². The summed E-state index contributed by atoms with van der Waals surface area (Å²) in [5.74, 6) is -0.0843. The molecule has 1 aromatic heterocycles. The number of morpholine rings is 1. The van der Waals surface area contributed by atoms with Crippen LogP contribution >= 0.6 is 0 Å². The molecule has 6 nitrogen and oxygen atoms in total. The lowest BCUT2D eigenvalue weighted by Gasteiger charge is -2.23. The van der Waals surface area contributed by atoms with E-state index in [9.17, 15) is 4.79 Å². The van der Waals surface area contributed by atoms with Gasteiger partial charge >= 0.3 is 0 Å². The highest BCUT2D eigenvalue weighted by Crippen LogP contribution is 2.12. The molecule has 0 aliphatic carbocycles. The summed E-state index contributed by atoms with van der Waals surface area (Å²) in [6.07, 6.45) is 0.0121. The van der Waals surface area contributed by atoms with Crippen LogP contribution in [-0.4, -0.2) is 43.3 Å². The van der Waals surface area contributed by atoms with Crippen molar-refractivity contribution in [1.82, 2.24) is 10.3 Å². The highest BCUT2D eigenvalue weighted by atomic mass is 16.5. The number of amides is 1. The Kier molecular flexibility index (Phi) is 4.11. The Balaban J connectivity index is 1.97. The highest BCUT2D eigenvalue weighted by Gasteiger charge is 2.14. The molecular formula is C12H17N3O3. The van der Waals surface area contributed by atoms with Crippen LogP contribution in [0.2, 0.25) is 0 Å². The summed E-state index contributed by atoms with van der Waals surface area (Å²) in [6, 6.07) is 3.18. The first-order valence-electron chi connectivity index (χ1n) is 5.89. The molecule has 1 unspecified atom stereocenters. The second kappa shape index (κ2) is 5.79. The van der Waals surface area contributed by atoms with E-state index < -0.39 is 5.91 Å². The summed E-state index contributed by atoms with van der Waals surface area (Å²) in [5, 5.41) is 3.21. The fraction of sp³-hybridized carbons (Fsp3) is 0.500. The third-order valence-electron chi connectivity index (χ3n) is 2.64. The average Bonchev–Trinajstić information content (AvgIpc) is 2.37. The lowest BCUT2D eigenvalue weighted by Crippen LogP contribution is -2.41. The van der Waals surface area contributed by atoms with E-state index in [0.29, 0.717) is 30.4 Å². The van der Waals surface area contributed by atoms with Crippen LogP contribution in [0.3, 0.4) is 0 Å². The number of nitrogens with zero attached hydrogens (tertiary/aromatic N) is 1. The number of nitrogens with two attached hydrogens (primary N) is 1. The summed E-state index contributed by atoms with van der Waals surface area (Å²) < 4.78 is 11.0. The number of aryl methyl sites for hydroxylation is 1. The van der Waals surface area contributed by atoms with E-state index in [1.54, 1.807) is 19.1 Å². The van der Waals surface area contributed by atoms with E-state index in [0.717, 1.165) is 13.1 Å². The minimum absolute atomic E-state index is 0.0121. The van der Waals surface area contributed by atoms with Crippen LogP contribution < -0.4 is 15.8 Å². The van der Waals surface area contributed by atoms with E-state index >= 15 is 0 Å². The second-order valence-corrected chi connectivity index (χ2v) is 4.21. The van der Waals surface area contributed by atoms with Gasteiger partial charge < -0.3 is 20.5 Å². The summed E-state index contributed by atoms with van der Waals surface area (Å²) in [4.78, 5) is 15.3. The van der Waals surface area contributed by atoms with Crippen LogP contribution in [0.15, 0.2) is 12.1 Å². The first-order chi connectivity index (χ1) is 8.65. The zero-order chi connectivity index (χ0) is 13.0. The van der Waals surface area contributed by atoms with Gasteiger partial charge in [-0.15, -0.1) is 0 Å². The number of ether oxygens (including phenoxy) is 2. The van der Waals surface area contributed by atoms with Crippen LogP contribution in [0.5, 0.6) is 5.88 Å². The Hall–Kier alpha value is -1.66. The van der Waals surface area contributed by atoms with Gasteiger partial charge in [0.15, 0.2) is 0 Å². The molecule has 1 amide bonds. The standard InChI is InChI=1S/C12H17N3O3/c1-8-4-9(12(13)16)5-11(15-8)18-7-10-6-14-2-3-17-10/h4-5,10,14H,2-3,6-7H2,1H3,(H2,13,16). The smallest absolute Gasteiger partial charge is 0.248 e. The number of primary amides is 1. The van der Waals surface area contributed by atoms with Gasteiger partial charge in [-0.1, -0.05) is 0 Å². The molecule has 18 heavy (non-hydrogen) atoms. The molecule has 0 saturated carbocycles. The number of hydrogen-bond donors (Lipinski definition) is 2. The minimum atomic E-state index is -0.485. The number of pyridine rings is 1. The fourth-order valence-electron chi connectivity index (χ4n) is 1.76. The summed E-state index contributed by atoms with van der Waals surface area (Å²) in [6.45, 7) is 4.50. The molecule has 0 radical (unpaired) electrons. The predicted octanol–water partition coefficient (Wildman–Crippen LogP) is -0.144. The van der Waals surface area contributed by atoms with E-state index in [1.165, 1.54) is 0 Å². The molecule has 0 aromatic carbocycles. The number of rotatable bonds is 4. The van der Waals surface area contributed by atoms with Crippen LogP contribution in [0, 0.1) is 6.92 Å². The molecule has 0 bridgehead atoms. The Morgan fingerprint density at radius 2 is 2.50 bits per heavy atom. The molecule has 1 aliphatic heterocycles. The van der Waals surface area contributed by atoms with Gasteiger partial charge in [-0.3, -0.25) is 4.79 Å². The van der Waals surface area contributed by atoms with Gasteiger partial charge in [0.1, 0.15) is 12.7 Å². The Morgan fingerprint density at radius 3 is 3.17 bits per heavy atom. The lowest BCUT2D eigenvalue weighted by atomic mass is 10.2. The zero-order valence-corrected chi connectivity index (χ0v) is 10.3. The Labute approximate surface area is 105 Å². The van der Waals surface area contributed by atoms with Crippen LogP contribution in [0.1, 0.15) is 16.1 Å². The molecule has 3 N–H and O–H groups in total. The summed E-state index contributed by atoms with van der Waals surface area (Å²) in [5.41, 5.74) is 6.33. The number of hydrogen-bond acceptors (Lipinski definition) is 5. The molecule has 6 heteroatoms. The Morgan fingerprint density at radius 1 is 1.67 bits per heavy atom. The van der Waals surface area contributed by atoms with Crippen molar-refractivity contribution in [2.24, 2.45) is 5.73 Å². The van der Waals surface area contributed by atoms with Crippen LogP contribution in [0.25, 0.3) is 0 Å². The first kappa shape index (κ1) is 12.8. The van der Waals surface area contributed by atoms with Crippen molar-refractivity contribution in [3.05, 3.63) is 23.4 Å². The van der Waals surface area contributed by atoms with Crippen molar-refractivity contribution >= 4 is 5.91 Å². The topological polar surface area (TPSA) is 86.5 Å². The molecule has 1 saturated heterocycles. The van der Waals surface area contributed by atoms with Crippen molar-refractivity contribution in [2.75, 3.05) is 26.3 Å². The molecule has 0 spiro atoms. The predicted molar refractivity (Wildman–Crippen MR) is 65.6 cm³/mol. The van der Waals surface area contributed by atoms with Gasteiger partial charge in [0.2, 0.25) is 11.8 Å². The first-order valence-corrected chi connectivity index (χ1v) is 5.89. The number of nitrogens with one attached hydrogen (secondary N) is 1. The molecule has 98 valence electrons. The summed E-state index contributed by atoms with van der Waals surface area (Å²) in [7, 11) is 0. The second-order valence-electron chi connectivity index (χ2n) is 4.21. The lowest BCUT2D eigenvalue weighted by molar-refractivity contribution is -0.000778. The van der Waals surface area contributed by atoms with E-state index in [2.05, 4.69) is 10.3 Å². The maximum absolute atomic E-state index is 11.1. The minimum Gasteiger partial charge on any atom is -0.475 e. The third-order valence-corrected chi connectivity index (χ3v) is 2.64.